The molecule has 1 heterocycles. The van der Waals surface area contributed by atoms with Crippen LogP contribution in [0.4, 0.5) is 0 Å². The zero-order chi connectivity index (χ0) is 16.9. The molecule has 3 aromatic rings. The predicted octanol–water partition coefficient (Wildman–Crippen LogP) is 3.89. The van der Waals surface area contributed by atoms with E-state index in [4.69, 9.17) is 4.74 Å². The Morgan fingerprint density at radius 1 is 0.917 bits per heavy atom. The fourth-order valence-electron chi connectivity index (χ4n) is 2.63. The van der Waals surface area contributed by atoms with Crippen molar-refractivity contribution in [3.8, 4) is 16.9 Å². The highest BCUT2D eigenvalue weighted by Gasteiger charge is 2.11. The summed E-state index contributed by atoms with van der Waals surface area (Å²) in [4.78, 5) is 8.79. The van der Waals surface area contributed by atoms with E-state index in [0.29, 0.717) is 23.6 Å². The zero-order valence-electron chi connectivity index (χ0n) is 13.9. The minimum Gasteiger partial charge on any atom is -0.504 e. The molecule has 0 spiro atoms. The van der Waals surface area contributed by atoms with Gasteiger partial charge in [-0.25, -0.2) is 9.97 Å². The lowest BCUT2D eigenvalue weighted by Gasteiger charge is -2.09. The second-order valence-corrected chi connectivity index (χ2v) is 5.69. The molecule has 0 aliphatic carbocycles. The minimum absolute atomic E-state index is 0.111. The number of hydrogen-bond acceptors (Lipinski definition) is 4. The van der Waals surface area contributed by atoms with Crippen molar-refractivity contribution in [1.29, 1.82) is 0 Å². The van der Waals surface area contributed by atoms with Gasteiger partial charge >= 0.3 is 0 Å². The Labute approximate surface area is 141 Å². The van der Waals surface area contributed by atoms with Crippen molar-refractivity contribution in [2.45, 2.75) is 20.0 Å². The molecule has 0 radical (unpaired) electrons. The Balaban J connectivity index is 1.81. The molecule has 0 aliphatic heterocycles. The lowest BCUT2D eigenvalue weighted by molar-refractivity contribution is 0.177. The zero-order valence-corrected chi connectivity index (χ0v) is 13.9. The van der Waals surface area contributed by atoms with Crippen molar-refractivity contribution >= 4 is 0 Å². The normalized spacial score (nSPS) is 10.8. The average molecular weight is 320 g/mol. The molecule has 0 amide bonds. The fraction of sp³-hybridized carbons (Fsp3) is 0.200. The van der Waals surface area contributed by atoms with Crippen LogP contribution < -0.4 is 0 Å². The first-order valence-electron chi connectivity index (χ1n) is 7.86. The third kappa shape index (κ3) is 3.60. The second-order valence-electron chi connectivity index (χ2n) is 5.69. The van der Waals surface area contributed by atoms with Crippen molar-refractivity contribution in [3.63, 3.8) is 0 Å². The van der Waals surface area contributed by atoms with Crippen LogP contribution in [0.25, 0.3) is 11.1 Å². The van der Waals surface area contributed by atoms with Gasteiger partial charge in [0.15, 0.2) is 5.75 Å². The molecule has 4 heteroatoms. The van der Waals surface area contributed by atoms with E-state index in [-0.39, 0.29) is 12.4 Å². The number of methoxy groups -OCH3 is 1. The maximum Gasteiger partial charge on any atom is 0.160 e. The molecule has 3 rings (SSSR count). The molecule has 122 valence electrons. The van der Waals surface area contributed by atoms with Gasteiger partial charge in [-0.15, -0.1) is 0 Å². The first-order chi connectivity index (χ1) is 11.7. The van der Waals surface area contributed by atoms with Gasteiger partial charge in [-0.2, -0.15) is 0 Å². The largest absolute Gasteiger partial charge is 0.504 e. The van der Waals surface area contributed by atoms with Crippen LogP contribution in [0.15, 0.2) is 54.6 Å². The van der Waals surface area contributed by atoms with Gasteiger partial charge in [0.2, 0.25) is 0 Å². The van der Waals surface area contributed by atoms with Gasteiger partial charge in [-0.1, -0.05) is 54.6 Å². The van der Waals surface area contributed by atoms with Crippen molar-refractivity contribution in [2.24, 2.45) is 0 Å². The van der Waals surface area contributed by atoms with Crippen LogP contribution in [0.1, 0.15) is 22.8 Å². The van der Waals surface area contributed by atoms with Crippen molar-refractivity contribution in [3.05, 3.63) is 77.4 Å². The van der Waals surface area contributed by atoms with Gasteiger partial charge in [-0.05, 0) is 23.6 Å². The van der Waals surface area contributed by atoms with Crippen LogP contribution in [0.2, 0.25) is 0 Å². The summed E-state index contributed by atoms with van der Waals surface area (Å²) in [6.45, 7) is 2.05. The van der Waals surface area contributed by atoms with Crippen LogP contribution in [0.5, 0.6) is 5.75 Å². The molecular formula is C20H20N2O2. The maximum absolute atomic E-state index is 9.98. The lowest BCUT2D eigenvalue weighted by atomic mass is 10.0. The summed E-state index contributed by atoms with van der Waals surface area (Å²) in [6.07, 6.45) is 0.618. The van der Waals surface area contributed by atoms with Crippen molar-refractivity contribution in [1.82, 2.24) is 9.97 Å². The Morgan fingerprint density at radius 3 is 2.25 bits per heavy atom. The molecule has 2 aromatic carbocycles. The Hall–Kier alpha value is -2.72. The number of nitrogens with zero attached hydrogens (tertiary/aromatic N) is 2. The molecule has 1 aromatic heterocycles. The van der Waals surface area contributed by atoms with Crippen LogP contribution in [-0.4, -0.2) is 22.2 Å². The summed E-state index contributed by atoms with van der Waals surface area (Å²) in [5, 5.41) is 9.98. The molecule has 4 nitrogen and oxygen atoms in total. The Bertz CT molecular complexity index is 815. The van der Waals surface area contributed by atoms with Crippen molar-refractivity contribution in [2.75, 3.05) is 7.11 Å². The van der Waals surface area contributed by atoms with E-state index in [1.54, 1.807) is 14.0 Å². The highest BCUT2D eigenvalue weighted by atomic mass is 16.5. The lowest BCUT2D eigenvalue weighted by Crippen LogP contribution is -2.04. The van der Waals surface area contributed by atoms with Gasteiger partial charge in [0, 0.05) is 13.5 Å². The molecule has 0 saturated carbocycles. The molecular weight excluding hydrogens is 300 g/mol. The van der Waals surface area contributed by atoms with Crippen molar-refractivity contribution < 1.29 is 9.84 Å². The third-order valence-corrected chi connectivity index (χ3v) is 3.88. The summed E-state index contributed by atoms with van der Waals surface area (Å²) in [7, 11) is 1.58. The van der Waals surface area contributed by atoms with Crippen LogP contribution in [0, 0.1) is 6.92 Å². The molecule has 0 unspecified atom stereocenters. The minimum atomic E-state index is 0.111. The van der Waals surface area contributed by atoms with E-state index in [0.717, 1.165) is 5.56 Å². The summed E-state index contributed by atoms with van der Waals surface area (Å²) in [5.74, 6) is 0.796. The summed E-state index contributed by atoms with van der Waals surface area (Å²) in [6, 6.07) is 18.7. The Kier molecular flexibility index (Phi) is 4.87. The standard InChI is InChI=1S/C20H20N2O2/c1-14-20(23)18(13-24-2)22-19(21-14)12-15-8-10-17(11-9-15)16-6-4-3-5-7-16/h3-11,23H,12-13H2,1-2H3. The second kappa shape index (κ2) is 7.23. The van der Waals surface area contributed by atoms with Gasteiger partial charge in [-0.3, -0.25) is 0 Å². The van der Waals surface area contributed by atoms with Gasteiger partial charge in [0.1, 0.15) is 11.5 Å². The predicted molar refractivity (Wildman–Crippen MR) is 93.8 cm³/mol. The van der Waals surface area contributed by atoms with Crippen LogP contribution >= 0.6 is 0 Å². The number of benzene rings is 2. The molecule has 0 saturated heterocycles. The van der Waals surface area contributed by atoms with E-state index in [1.165, 1.54) is 11.1 Å². The third-order valence-electron chi connectivity index (χ3n) is 3.88. The SMILES string of the molecule is COCc1nc(Cc2ccc(-c3ccccc3)cc2)nc(C)c1O. The van der Waals surface area contributed by atoms with E-state index in [9.17, 15) is 5.11 Å². The number of aromatic hydroxyl groups is 1. The summed E-state index contributed by atoms with van der Waals surface area (Å²) < 4.78 is 5.08. The highest BCUT2D eigenvalue weighted by Crippen LogP contribution is 2.22. The summed E-state index contributed by atoms with van der Waals surface area (Å²) in [5.41, 5.74) is 4.61. The monoisotopic (exact) mass is 320 g/mol. The van der Waals surface area contributed by atoms with Gasteiger partial charge in [0.05, 0.1) is 12.3 Å². The first-order valence-corrected chi connectivity index (χ1v) is 7.86. The molecule has 0 aliphatic rings. The average Bonchev–Trinajstić information content (AvgIpc) is 2.61. The quantitative estimate of drug-likeness (QED) is 0.775. The molecule has 1 N–H and O–H groups in total. The molecule has 0 atom stereocenters. The van der Waals surface area contributed by atoms with Gasteiger partial charge in [0.25, 0.3) is 0 Å². The molecule has 24 heavy (non-hydrogen) atoms. The van der Waals surface area contributed by atoms with E-state index in [1.807, 2.05) is 18.2 Å². The number of aryl methyl sites for hydroxylation is 1. The smallest absolute Gasteiger partial charge is 0.160 e. The van der Waals surface area contributed by atoms with E-state index >= 15 is 0 Å². The van der Waals surface area contributed by atoms with E-state index in [2.05, 4.69) is 46.4 Å². The number of ether oxygens (including phenoxy) is 1. The molecule has 0 fully saturated rings. The fourth-order valence-corrected chi connectivity index (χ4v) is 2.63. The van der Waals surface area contributed by atoms with Gasteiger partial charge < -0.3 is 9.84 Å². The summed E-state index contributed by atoms with van der Waals surface area (Å²) >= 11 is 0. The molecule has 0 bridgehead atoms. The number of hydrogen-bond donors (Lipinski definition) is 1. The van der Waals surface area contributed by atoms with Crippen LogP contribution in [-0.2, 0) is 17.8 Å². The first kappa shape index (κ1) is 16.1. The van der Waals surface area contributed by atoms with Crippen LogP contribution in [0.3, 0.4) is 0 Å². The highest BCUT2D eigenvalue weighted by molar-refractivity contribution is 5.63. The topological polar surface area (TPSA) is 55.2 Å². The van der Waals surface area contributed by atoms with E-state index < -0.39 is 0 Å². The number of aromatic nitrogens is 2. The maximum atomic E-state index is 9.98. The Morgan fingerprint density at radius 2 is 1.58 bits per heavy atom. The number of rotatable bonds is 5.